The van der Waals surface area contributed by atoms with Crippen molar-refractivity contribution in [3.63, 3.8) is 0 Å². The highest BCUT2D eigenvalue weighted by Gasteiger charge is 2.29. The second kappa shape index (κ2) is 7.75. The second-order valence-electron chi connectivity index (χ2n) is 6.32. The Kier molecular flexibility index (Phi) is 5.85. The molecule has 2 aromatic carbocycles. The standard InChI is InChI=1S/C18H21N3O5S/c1-12-5-8-15(9-6-12)20(27(4,25)26)14(3)18(22)19-17-11-16(21(23)24)10-7-13(17)2/h5-11,14H,1-4H3,(H,19,22)/t14-/m0/s1. The van der Waals surface area contributed by atoms with Gasteiger partial charge >= 0.3 is 0 Å². The van der Waals surface area contributed by atoms with Gasteiger partial charge in [0.05, 0.1) is 22.6 Å². The Hall–Kier alpha value is -2.94. The first-order chi connectivity index (χ1) is 12.5. The average Bonchev–Trinajstić information content (AvgIpc) is 2.57. The fraction of sp³-hybridized carbons (Fsp3) is 0.278. The van der Waals surface area contributed by atoms with Crippen LogP contribution in [0.5, 0.6) is 0 Å². The summed E-state index contributed by atoms with van der Waals surface area (Å²) in [6, 6.07) is 9.80. The molecule has 0 unspecified atom stereocenters. The second-order valence-corrected chi connectivity index (χ2v) is 8.18. The summed E-state index contributed by atoms with van der Waals surface area (Å²) in [5.74, 6) is -0.593. The lowest BCUT2D eigenvalue weighted by molar-refractivity contribution is -0.384. The van der Waals surface area contributed by atoms with E-state index in [9.17, 15) is 23.3 Å². The Morgan fingerprint density at radius 3 is 2.26 bits per heavy atom. The number of hydrogen-bond acceptors (Lipinski definition) is 5. The van der Waals surface area contributed by atoms with Gasteiger partial charge in [0, 0.05) is 12.1 Å². The number of rotatable bonds is 6. The summed E-state index contributed by atoms with van der Waals surface area (Å²) in [5.41, 5.74) is 2.04. The van der Waals surface area contributed by atoms with Crippen LogP contribution in [-0.2, 0) is 14.8 Å². The summed E-state index contributed by atoms with van der Waals surface area (Å²) in [6.07, 6.45) is 1.02. The minimum atomic E-state index is -3.73. The average molecular weight is 391 g/mol. The number of non-ortho nitro benzene ring substituents is 1. The van der Waals surface area contributed by atoms with Gasteiger partial charge < -0.3 is 5.32 Å². The van der Waals surface area contributed by atoms with E-state index in [2.05, 4.69) is 5.32 Å². The molecule has 27 heavy (non-hydrogen) atoms. The molecule has 0 fully saturated rings. The number of amides is 1. The van der Waals surface area contributed by atoms with E-state index >= 15 is 0 Å². The number of anilines is 2. The number of nitrogens with one attached hydrogen (secondary N) is 1. The molecule has 0 spiro atoms. The molecule has 0 aliphatic heterocycles. The molecule has 1 amide bonds. The van der Waals surface area contributed by atoms with Crippen molar-refractivity contribution in [2.75, 3.05) is 15.9 Å². The van der Waals surface area contributed by atoms with Gasteiger partial charge in [-0.3, -0.25) is 19.2 Å². The van der Waals surface area contributed by atoms with E-state index < -0.39 is 26.9 Å². The van der Waals surface area contributed by atoms with E-state index in [0.29, 0.717) is 11.3 Å². The first kappa shape index (κ1) is 20.4. The lowest BCUT2D eigenvalue weighted by atomic mass is 10.1. The zero-order valence-electron chi connectivity index (χ0n) is 15.5. The fourth-order valence-electron chi connectivity index (χ4n) is 2.60. The molecular formula is C18H21N3O5S. The SMILES string of the molecule is Cc1ccc(N([C@@H](C)C(=O)Nc2cc([N+](=O)[O-])ccc2C)S(C)(=O)=O)cc1. The van der Waals surface area contributed by atoms with E-state index in [0.717, 1.165) is 16.1 Å². The summed E-state index contributed by atoms with van der Waals surface area (Å²) >= 11 is 0. The van der Waals surface area contributed by atoms with Gasteiger partial charge in [0.25, 0.3) is 5.69 Å². The quantitative estimate of drug-likeness (QED) is 0.601. The lowest BCUT2D eigenvalue weighted by Gasteiger charge is -2.28. The molecule has 1 N–H and O–H groups in total. The maximum atomic E-state index is 12.7. The molecule has 9 heteroatoms. The van der Waals surface area contributed by atoms with Crippen LogP contribution < -0.4 is 9.62 Å². The first-order valence-electron chi connectivity index (χ1n) is 8.12. The number of nitrogens with zero attached hydrogens (tertiary/aromatic N) is 2. The van der Waals surface area contributed by atoms with Crippen molar-refractivity contribution >= 4 is 33.0 Å². The van der Waals surface area contributed by atoms with Crippen LogP contribution in [0, 0.1) is 24.0 Å². The van der Waals surface area contributed by atoms with Gasteiger partial charge in [0.1, 0.15) is 6.04 Å². The van der Waals surface area contributed by atoms with Gasteiger partial charge in [-0.05, 0) is 38.5 Å². The number of carbonyl (C=O) groups excluding carboxylic acids is 1. The molecule has 0 saturated carbocycles. The molecule has 1 atom stereocenters. The Balaban J connectivity index is 2.34. The minimum Gasteiger partial charge on any atom is -0.324 e. The first-order valence-corrected chi connectivity index (χ1v) is 9.97. The maximum absolute atomic E-state index is 12.7. The van der Waals surface area contributed by atoms with Crippen molar-refractivity contribution in [1.29, 1.82) is 0 Å². The van der Waals surface area contributed by atoms with Crippen LogP contribution in [0.4, 0.5) is 17.1 Å². The molecule has 2 aromatic rings. The van der Waals surface area contributed by atoms with E-state index in [4.69, 9.17) is 0 Å². The third-order valence-electron chi connectivity index (χ3n) is 4.07. The third kappa shape index (κ3) is 4.82. The highest BCUT2D eigenvalue weighted by Crippen LogP contribution is 2.25. The maximum Gasteiger partial charge on any atom is 0.271 e. The van der Waals surface area contributed by atoms with Crippen LogP contribution in [0.15, 0.2) is 42.5 Å². The Bertz CT molecular complexity index is 971. The molecule has 0 radical (unpaired) electrons. The number of hydrogen-bond donors (Lipinski definition) is 1. The molecule has 0 aromatic heterocycles. The summed E-state index contributed by atoms with van der Waals surface area (Å²) in [4.78, 5) is 23.1. The van der Waals surface area contributed by atoms with Gasteiger partial charge in [-0.25, -0.2) is 8.42 Å². The molecule has 8 nitrogen and oxygen atoms in total. The molecule has 0 saturated heterocycles. The van der Waals surface area contributed by atoms with Crippen LogP contribution in [0.2, 0.25) is 0 Å². The van der Waals surface area contributed by atoms with Crippen LogP contribution in [0.3, 0.4) is 0 Å². The van der Waals surface area contributed by atoms with Gasteiger partial charge in [-0.15, -0.1) is 0 Å². The molecule has 2 rings (SSSR count). The number of nitro benzene ring substituents is 1. The highest BCUT2D eigenvalue weighted by molar-refractivity contribution is 7.92. The van der Waals surface area contributed by atoms with Crippen molar-refractivity contribution in [3.8, 4) is 0 Å². The summed E-state index contributed by atoms with van der Waals surface area (Å²) in [7, 11) is -3.73. The number of nitro groups is 1. The van der Waals surface area contributed by atoms with Gasteiger partial charge in [0.15, 0.2) is 0 Å². The normalized spacial score (nSPS) is 12.3. The molecule has 0 aliphatic rings. The van der Waals surface area contributed by atoms with Gasteiger partial charge in [-0.2, -0.15) is 0 Å². The topological polar surface area (TPSA) is 110 Å². The van der Waals surface area contributed by atoms with E-state index in [1.807, 2.05) is 6.92 Å². The number of carbonyl (C=O) groups is 1. The van der Waals surface area contributed by atoms with Crippen molar-refractivity contribution in [3.05, 3.63) is 63.7 Å². The number of sulfonamides is 1. The Labute approximate surface area is 158 Å². The molecule has 0 bridgehead atoms. The van der Waals surface area contributed by atoms with E-state index in [-0.39, 0.29) is 11.4 Å². The lowest BCUT2D eigenvalue weighted by Crippen LogP contribution is -2.45. The zero-order valence-corrected chi connectivity index (χ0v) is 16.3. The predicted molar refractivity (Wildman–Crippen MR) is 104 cm³/mol. The third-order valence-corrected chi connectivity index (χ3v) is 5.31. The Morgan fingerprint density at radius 1 is 1.15 bits per heavy atom. The smallest absolute Gasteiger partial charge is 0.271 e. The molecule has 0 aliphatic carbocycles. The molecule has 0 heterocycles. The van der Waals surface area contributed by atoms with Crippen molar-refractivity contribution < 1.29 is 18.1 Å². The Morgan fingerprint density at radius 2 is 1.74 bits per heavy atom. The van der Waals surface area contributed by atoms with Crippen molar-refractivity contribution in [2.45, 2.75) is 26.8 Å². The van der Waals surface area contributed by atoms with Gasteiger partial charge in [-0.1, -0.05) is 23.8 Å². The van der Waals surface area contributed by atoms with Crippen LogP contribution >= 0.6 is 0 Å². The van der Waals surface area contributed by atoms with Crippen LogP contribution in [-0.4, -0.2) is 31.5 Å². The van der Waals surface area contributed by atoms with E-state index in [1.165, 1.54) is 25.1 Å². The predicted octanol–water partition coefficient (Wildman–Crippen LogP) is 3.00. The van der Waals surface area contributed by atoms with Gasteiger partial charge in [0.2, 0.25) is 15.9 Å². The number of benzene rings is 2. The highest BCUT2D eigenvalue weighted by atomic mass is 32.2. The van der Waals surface area contributed by atoms with Crippen molar-refractivity contribution in [2.24, 2.45) is 0 Å². The molecule has 144 valence electrons. The monoisotopic (exact) mass is 391 g/mol. The summed E-state index contributed by atoms with van der Waals surface area (Å²) in [6.45, 7) is 5.02. The van der Waals surface area contributed by atoms with E-state index in [1.54, 1.807) is 31.2 Å². The minimum absolute atomic E-state index is 0.165. The zero-order chi connectivity index (χ0) is 20.4. The largest absolute Gasteiger partial charge is 0.324 e. The summed E-state index contributed by atoms with van der Waals surface area (Å²) < 4.78 is 25.6. The summed E-state index contributed by atoms with van der Waals surface area (Å²) in [5, 5.41) is 13.5. The molecular weight excluding hydrogens is 370 g/mol. The fourth-order valence-corrected chi connectivity index (χ4v) is 3.77. The van der Waals surface area contributed by atoms with Crippen LogP contribution in [0.1, 0.15) is 18.1 Å². The number of aryl methyl sites for hydroxylation is 2. The van der Waals surface area contributed by atoms with Crippen molar-refractivity contribution in [1.82, 2.24) is 0 Å². The van der Waals surface area contributed by atoms with Crippen LogP contribution in [0.25, 0.3) is 0 Å².